The van der Waals surface area contributed by atoms with Crippen LogP contribution >= 0.6 is 0 Å². The third-order valence-corrected chi connectivity index (χ3v) is 5.18. The first-order valence-corrected chi connectivity index (χ1v) is 9.10. The number of aliphatic hydroxyl groups is 2. The smallest absolute Gasteiger partial charge is 0.197 e. The number of hydrogen-bond acceptors (Lipinski definition) is 8. The van der Waals surface area contributed by atoms with Gasteiger partial charge in [-0.25, -0.2) is 0 Å². The lowest BCUT2D eigenvalue weighted by Gasteiger charge is -2.36. The molecule has 4 rings (SSSR count). The van der Waals surface area contributed by atoms with Crippen molar-refractivity contribution in [2.75, 3.05) is 0 Å². The van der Waals surface area contributed by atoms with Crippen LogP contribution in [0.5, 0.6) is 17.2 Å². The van der Waals surface area contributed by atoms with Crippen LogP contribution in [0.15, 0.2) is 45.6 Å². The predicted molar refractivity (Wildman–Crippen MR) is 103 cm³/mol. The van der Waals surface area contributed by atoms with Gasteiger partial charge in [0.15, 0.2) is 11.0 Å². The second-order valence-corrected chi connectivity index (χ2v) is 7.18. The van der Waals surface area contributed by atoms with Crippen molar-refractivity contribution in [1.82, 2.24) is 0 Å². The van der Waals surface area contributed by atoms with Gasteiger partial charge in [0.2, 0.25) is 0 Å². The summed E-state index contributed by atoms with van der Waals surface area (Å²) in [6.45, 7) is 1.58. The quantitative estimate of drug-likeness (QED) is 0.441. The minimum Gasteiger partial charge on any atom is -0.508 e. The van der Waals surface area contributed by atoms with Crippen LogP contribution in [-0.2, 0) is 4.74 Å². The summed E-state index contributed by atoms with van der Waals surface area (Å²) in [5.41, 5.74) is 0.00804. The fraction of sp³-hybridized carbons (Fsp3) is 0.286. The molecule has 2 heterocycles. The molecule has 152 valence electrons. The lowest BCUT2D eigenvalue weighted by atomic mass is 9.92. The van der Waals surface area contributed by atoms with Crippen LogP contribution < -0.4 is 5.43 Å². The second-order valence-electron chi connectivity index (χ2n) is 7.18. The predicted octanol–water partition coefficient (Wildman–Crippen LogP) is 2.15. The van der Waals surface area contributed by atoms with Gasteiger partial charge in [0, 0.05) is 24.1 Å². The lowest BCUT2D eigenvalue weighted by molar-refractivity contribution is -0.163. The van der Waals surface area contributed by atoms with E-state index in [2.05, 4.69) is 0 Å². The van der Waals surface area contributed by atoms with E-state index in [0.717, 1.165) is 6.07 Å². The topological polar surface area (TPSA) is 141 Å². The van der Waals surface area contributed by atoms with Crippen molar-refractivity contribution in [3.8, 4) is 28.6 Å². The van der Waals surface area contributed by atoms with E-state index in [9.17, 15) is 30.3 Å². The molecule has 3 aromatic rings. The van der Waals surface area contributed by atoms with E-state index in [4.69, 9.17) is 9.15 Å². The van der Waals surface area contributed by atoms with Gasteiger partial charge >= 0.3 is 0 Å². The first-order chi connectivity index (χ1) is 13.8. The van der Waals surface area contributed by atoms with Gasteiger partial charge in [0.25, 0.3) is 0 Å². The standard InChI is InChI=1S/C21H20O8/c1-9-20(27)15(26)8-17(28-9)19-13(24)6-12(23)18-14(25)7-16(29-21(18)19)10-2-4-11(22)5-3-10/h2-7,9,15,17,20,22-24,26-27H,8H2,1H3/t9-,15-,17-,20-/m1/s1. The molecule has 1 aliphatic heterocycles. The van der Waals surface area contributed by atoms with Crippen LogP contribution in [0.25, 0.3) is 22.3 Å². The Balaban J connectivity index is 1.94. The zero-order valence-electron chi connectivity index (χ0n) is 15.4. The summed E-state index contributed by atoms with van der Waals surface area (Å²) >= 11 is 0. The highest BCUT2D eigenvalue weighted by Crippen LogP contribution is 2.43. The molecular weight excluding hydrogens is 380 g/mol. The molecule has 2 aromatic carbocycles. The third-order valence-electron chi connectivity index (χ3n) is 5.18. The number of benzene rings is 2. The number of fused-ring (bicyclic) bond motifs is 1. The van der Waals surface area contributed by atoms with E-state index in [0.29, 0.717) is 5.56 Å². The highest BCUT2D eigenvalue weighted by atomic mass is 16.5. The Kier molecular flexibility index (Phi) is 4.70. The van der Waals surface area contributed by atoms with E-state index >= 15 is 0 Å². The Morgan fingerprint density at radius 3 is 2.34 bits per heavy atom. The molecule has 0 bridgehead atoms. The first kappa shape index (κ1) is 19.3. The van der Waals surface area contributed by atoms with Gasteiger partial charge in [0.1, 0.15) is 34.5 Å². The molecule has 4 atom stereocenters. The van der Waals surface area contributed by atoms with Crippen LogP contribution in [-0.4, -0.2) is 43.8 Å². The molecule has 8 heteroatoms. The van der Waals surface area contributed by atoms with Crippen molar-refractivity contribution >= 4 is 11.0 Å². The molecule has 0 spiro atoms. The van der Waals surface area contributed by atoms with Gasteiger partial charge in [0.05, 0.1) is 23.9 Å². The number of hydrogen-bond donors (Lipinski definition) is 5. The highest BCUT2D eigenvalue weighted by molar-refractivity contribution is 5.89. The summed E-state index contributed by atoms with van der Waals surface area (Å²) in [6, 6.07) is 8.22. The second kappa shape index (κ2) is 7.07. The van der Waals surface area contributed by atoms with Crippen molar-refractivity contribution < 1.29 is 34.7 Å². The van der Waals surface area contributed by atoms with Gasteiger partial charge in [-0.3, -0.25) is 4.79 Å². The van der Waals surface area contributed by atoms with Crippen LogP contribution in [0, 0.1) is 0 Å². The summed E-state index contributed by atoms with van der Waals surface area (Å²) < 4.78 is 11.6. The average molecular weight is 400 g/mol. The Hall–Kier alpha value is -3.07. The molecule has 1 aromatic heterocycles. The summed E-state index contributed by atoms with van der Waals surface area (Å²) in [6.07, 6.45) is -3.81. The van der Waals surface area contributed by atoms with Gasteiger partial charge in [-0.15, -0.1) is 0 Å². The maximum atomic E-state index is 12.7. The largest absolute Gasteiger partial charge is 0.508 e. The monoisotopic (exact) mass is 400 g/mol. The third kappa shape index (κ3) is 3.31. The summed E-state index contributed by atoms with van der Waals surface area (Å²) in [5, 5.41) is 50.1. The molecule has 1 saturated heterocycles. The van der Waals surface area contributed by atoms with Gasteiger partial charge < -0.3 is 34.7 Å². The first-order valence-electron chi connectivity index (χ1n) is 9.10. The zero-order valence-corrected chi connectivity index (χ0v) is 15.4. The Morgan fingerprint density at radius 2 is 1.69 bits per heavy atom. The summed E-state index contributed by atoms with van der Waals surface area (Å²) in [4.78, 5) is 12.7. The number of ether oxygens (including phenoxy) is 1. The number of phenols is 3. The van der Waals surface area contributed by atoms with Crippen molar-refractivity contribution in [1.29, 1.82) is 0 Å². The molecule has 1 fully saturated rings. The van der Waals surface area contributed by atoms with Gasteiger partial charge in [-0.2, -0.15) is 0 Å². The molecule has 0 saturated carbocycles. The molecular formula is C21H20O8. The molecule has 5 N–H and O–H groups in total. The van der Waals surface area contributed by atoms with E-state index in [1.807, 2.05) is 0 Å². The number of aromatic hydroxyl groups is 3. The van der Waals surface area contributed by atoms with E-state index < -0.39 is 35.6 Å². The average Bonchev–Trinajstić information content (AvgIpc) is 2.65. The van der Waals surface area contributed by atoms with Gasteiger partial charge in [-0.1, -0.05) is 0 Å². The van der Waals surface area contributed by atoms with Crippen molar-refractivity contribution in [2.45, 2.75) is 37.8 Å². The van der Waals surface area contributed by atoms with Crippen molar-refractivity contribution in [3.05, 3.63) is 52.2 Å². The zero-order chi connectivity index (χ0) is 20.9. The van der Waals surface area contributed by atoms with Crippen LogP contribution in [0.1, 0.15) is 25.0 Å². The molecule has 0 amide bonds. The Labute approximate surface area is 164 Å². The lowest BCUT2D eigenvalue weighted by Crippen LogP contribution is -2.44. The van der Waals surface area contributed by atoms with E-state index in [-0.39, 0.29) is 40.2 Å². The number of phenolic OH excluding ortho intramolecular Hbond substituents is 3. The molecule has 1 aliphatic rings. The fourth-order valence-corrected chi connectivity index (χ4v) is 3.65. The van der Waals surface area contributed by atoms with Crippen LogP contribution in [0.2, 0.25) is 0 Å². The summed E-state index contributed by atoms with van der Waals surface area (Å²) in [5.74, 6) is -0.596. The Morgan fingerprint density at radius 1 is 1.00 bits per heavy atom. The van der Waals surface area contributed by atoms with Crippen molar-refractivity contribution in [3.63, 3.8) is 0 Å². The van der Waals surface area contributed by atoms with Crippen molar-refractivity contribution in [2.24, 2.45) is 0 Å². The minimum absolute atomic E-state index is 0.0356. The normalized spacial score (nSPS) is 24.7. The number of aliphatic hydroxyl groups excluding tert-OH is 2. The SMILES string of the molecule is C[C@H]1O[C@@H](c2c(O)cc(O)c3c(=O)cc(-c4ccc(O)cc4)oc23)C[C@@H](O)[C@@H]1O. The Bertz CT molecular complexity index is 1110. The molecule has 8 nitrogen and oxygen atoms in total. The maximum Gasteiger partial charge on any atom is 0.197 e. The minimum atomic E-state index is -1.10. The van der Waals surface area contributed by atoms with Gasteiger partial charge in [-0.05, 0) is 31.2 Å². The maximum absolute atomic E-state index is 12.7. The molecule has 29 heavy (non-hydrogen) atoms. The summed E-state index contributed by atoms with van der Waals surface area (Å²) in [7, 11) is 0. The van der Waals surface area contributed by atoms with Crippen LogP contribution in [0.3, 0.4) is 0 Å². The van der Waals surface area contributed by atoms with E-state index in [1.165, 1.54) is 18.2 Å². The van der Waals surface area contributed by atoms with E-state index in [1.54, 1.807) is 19.1 Å². The fourth-order valence-electron chi connectivity index (χ4n) is 3.65. The highest BCUT2D eigenvalue weighted by Gasteiger charge is 2.37. The molecule has 0 radical (unpaired) electrons. The molecule has 0 aliphatic carbocycles. The molecule has 0 unspecified atom stereocenters. The van der Waals surface area contributed by atoms with Crippen LogP contribution in [0.4, 0.5) is 0 Å². The number of rotatable bonds is 2.